The molecule has 0 bridgehead atoms. The molecule has 0 aromatic rings. The van der Waals surface area contributed by atoms with E-state index < -0.39 is 5.41 Å². The highest BCUT2D eigenvalue weighted by atomic mass is 79.9. The van der Waals surface area contributed by atoms with E-state index in [1.54, 1.807) is 13.8 Å². The molecule has 0 saturated heterocycles. The molecule has 0 amide bonds. The van der Waals surface area contributed by atoms with Crippen molar-refractivity contribution in [2.24, 2.45) is 5.41 Å². The average molecular weight is 195 g/mol. The van der Waals surface area contributed by atoms with E-state index in [0.29, 0.717) is 5.33 Å². The molecule has 0 radical (unpaired) electrons. The topological polar surface area (TPSA) is 37.3 Å². The monoisotopic (exact) mass is 194 g/mol. The smallest absolute Gasteiger partial charge is 0.151 e. The van der Waals surface area contributed by atoms with Crippen molar-refractivity contribution in [3.05, 3.63) is 0 Å². The lowest BCUT2D eigenvalue weighted by molar-refractivity contribution is -0.126. The lowest BCUT2D eigenvalue weighted by Gasteiger charge is -2.17. The number of carbonyl (C=O) groups is 1. The Balaban J connectivity index is 3.97. The van der Waals surface area contributed by atoms with Gasteiger partial charge in [-0.05, 0) is 0 Å². The summed E-state index contributed by atoms with van der Waals surface area (Å²) < 4.78 is 0. The molecule has 0 fully saturated rings. The Morgan fingerprint density at radius 2 is 2.11 bits per heavy atom. The summed E-state index contributed by atoms with van der Waals surface area (Å²) in [7, 11) is 0. The van der Waals surface area contributed by atoms with E-state index in [4.69, 9.17) is 5.11 Å². The first kappa shape index (κ1) is 9.11. The fourth-order valence-corrected chi connectivity index (χ4v) is 1.03. The lowest BCUT2D eigenvalue weighted by Crippen LogP contribution is -2.28. The van der Waals surface area contributed by atoms with Crippen LogP contribution in [0.1, 0.15) is 13.8 Å². The second-order valence-electron chi connectivity index (χ2n) is 2.60. The van der Waals surface area contributed by atoms with Gasteiger partial charge in [-0.25, -0.2) is 0 Å². The molecule has 0 spiro atoms. The third-order valence-corrected chi connectivity index (χ3v) is 1.78. The molecule has 9 heavy (non-hydrogen) atoms. The molecular weight excluding hydrogens is 184 g/mol. The molecule has 0 unspecified atom stereocenters. The van der Waals surface area contributed by atoms with E-state index in [1.165, 1.54) is 0 Å². The number of aliphatic hydroxyl groups is 1. The summed E-state index contributed by atoms with van der Waals surface area (Å²) in [6, 6.07) is 0. The van der Waals surface area contributed by atoms with Crippen LogP contribution in [0.25, 0.3) is 0 Å². The van der Waals surface area contributed by atoms with Gasteiger partial charge < -0.3 is 5.11 Å². The van der Waals surface area contributed by atoms with Crippen LogP contribution in [0, 0.1) is 5.41 Å². The lowest BCUT2D eigenvalue weighted by atomic mass is 9.90. The summed E-state index contributed by atoms with van der Waals surface area (Å²) in [5, 5.41) is 8.97. The highest BCUT2D eigenvalue weighted by Crippen LogP contribution is 2.15. The number of ketones is 1. The van der Waals surface area contributed by atoms with Gasteiger partial charge in [-0.3, -0.25) is 4.79 Å². The van der Waals surface area contributed by atoms with Gasteiger partial charge in [0.25, 0.3) is 0 Å². The molecule has 0 aliphatic carbocycles. The molecule has 2 nitrogen and oxygen atoms in total. The minimum Gasteiger partial charge on any atom is -0.395 e. The second kappa shape index (κ2) is 3.32. The van der Waals surface area contributed by atoms with Crippen LogP contribution in [0.3, 0.4) is 0 Å². The standard InChI is InChI=1S/C6H11BrO2/c1-6(2,4-8)5(9)3-7/h8H,3-4H2,1-2H3. The number of aliphatic hydroxyl groups excluding tert-OH is 1. The quantitative estimate of drug-likeness (QED) is 0.681. The van der Waals surface area contributed by atoms with Crippen LogP contribution in [0.2, 0.25) is 0 Å². The zero-order chi connectivity index (χ0) is 7.49. The SMILES string of the molecule is CC(C)(CO)C(=O)CBr. The summed E-state index contributed by atoms with van der Waals surface area (Å²) in [5.41, 5.74) is -0.580. The van der Waals surface area contributed by atoms with Crippen LogP contribution in [-0.2, 0) is 4.79 Å². The van der Waals surface area contributed by atoms with Gasteiger partial charge in [0.2, 0.25) is 0 Å². The van der Waals surface area contributed by atoms with E-state index >= 15 is 0 Å². The number of rotatable bonds is 3. The normalized spacial score (nSPS) is 11.6. The third-order valence-electron chi connectivity index (χ3n) is 1.27. The number of hydrogen-bond donors (Lipinski definition) is 1. The zero-order valence-electron chi connectivity index (χ0n) is 5.65. The first-order valence-corrected chi connectivity index (χ1v) is 3.87. The van der Waals surface area contributed by atoms with Crippen molar-refractivity contribution in [2.75, 3.05) is 11.9 Å². The third kappa shape index (κ3) is 2.45. The van der Waals surface area contributed by atoms with Crippen LogP contribution in [0.4, 0.5) is 0 Å². The molecular formula is C6H11BrO2. The second-order valence-corrected chi connectivity index (χ2v) is 3.16. The van der Waals surface area contributed by atoms with Crippen LogP contribution in [-0.4, -0.2) is 22.8 Å². The predicted octanol–water partition coefficient (Wildman–Crippen LogP) is 0.969. The Morgan fingerprint density at radius 3 is 2.22 bits per heavy atom. The van der Waals surface area contributed by atoms with Crippen LogP contribution in [0.5, 0.6) is 0 Å². The van der Waals surface area contributed by atoms with E-state index in [1.807, 2.05) is 0 Å². The van der Waals surface area contributed by atoms with E-state index in [0.717, 1.165) is 0 Å². The summed E-state index contributed by atoms with van der Waals surface area (Å²) >= 11 is 3.03. The highest BCUT2D eigenvalue weighted by molar-refractivity contribution is 9.09. The number of alkyl halides is 1. The van der Waals surface area contributed by atoms with Gasteiger partial charge in [-0.1, -0.05) is 29.8 Å². The Bertz CT molecular complexity index is 110. The fourth-order valence-electron chi connectivity index (χ4n) is 0.269. The van der Waals surface area contributed by atoms with Crippen molar-refractivity contribution in [2.45, 2.75) is 13.8 Å². The van der Waals surface area contributed by atoms with Crippen molar-refractivity contribution < 1.29 is 9.90 Å². The summed E-state index contributed by atoms with van der Waals surface area (Å²) in [4.78, 5) is 10.9. The average Bonchev–Trinajstić information content (AvgIpc) is 1.86. The number of hydrogen-bond acceptors (Lipinski definition) is 2. The van der Waals surface area contributed by atoms with E-state index in [9.17, 15) is 4.79 Å². The molecule has 1 N–H and O–H groups in total. The molecule has 54 valence electrons. The van der Waals surface area contributed by atoms with Crippen molar-refractivity contribution in [3.63, 3.8) is 0 Å². The predicted molar refractivity (Wildman–Crippen MR) is 39.7 cm³/mol. The number of Topliss-reactive ketones (excluding diaryl/α,β-unsaturated/α-hetero) is 1. The molecule has 0 aromatic heterocycles. The van der Waals surface area contributed by atoms with Crippen LogP contribution < -0.4 is 0 Å². The molecule has 0 saturated carbocycles. The molecule has 0 heterocycles. The Kier molecular flexibility index (Phi) is 3.36. The Labute approximate surface area is 63.4 Å². The summed E-state index contributed by atoms with van der Waals surface area (Å²) in [5.74, 6) is 0.0324. The fraction of sp³-hybridized carbons (Fsp3) is 0.833. The van der Waals surface area contributed by atoms with E-state index in [-0.39, 0.29) is 12.4 Å². The molecule has 0 aliphatic rings. The van der Waals surface area contributed by atoms with Crippen LogP contribution in [0.15, 0.2) is 0 Å². The van der Waals surface area contributed by atoms with Gasteiger partial charge in [0.1, 0.15) is 0 Å². The minimum atomic E-state index is -0.580. The summed E-state index contributed by atoms with van der Waals surface area (Å²) in [6.45, 7) is 3.35. The summed E-state index contributed by atoms with van der Waals surface area (Å²) in [6.07, 6.45) is 0. The number of carbonyl (C=O) groups excluding carboxylic acids is 1. The van der Waals surface area contributed by atoms with Gasteiger partial charge in [0, 0.05) is 5.41 Å². The minimum absolute atomic E-state index is 0.0324. The van der Waals surface area contributed by atoms with Crippen molar-refractivity contribution in [3.8, 4) is 0 Å². The van der Waals surface area contributed by atoms with Gasteiger partial charge >= 0.3 is 0 Å². The molecule has 0 aliphatic heterocycles. The zero-order valence-corrected chi connectivity index (χ0v) is 7.23. The molecule has 3 heteroatoms. The van der Waals surface area contributed by atoms with Gasteiger partial charge in [0.15, 0.2) is 5.78 Å². The van der Waals surface area contributed by atoms with Gasteiger partial charge in [0.05, 0.1) is 11.9 Å². The maximum absolute atomic E-state index is 10.9. The van der Waals surface area contributed by atoms with Gasteiger partial charge in [-0.15, -0.1) is 0 Å². The van der Waals surface area contributed by atoms with Crippen molar-refractivity contribution in [1.82, 2.24) is 0 Å². The Morgan fingerprint density at radius 1 is 1.67 bits per heavy atom. The van der Waals surface area contributed by atoms with Gasteiger partial charge in [-0.2, -0.15) is 0 Å². The molecule has 0 atom stereocenters. The van der Waals surface area contributed by atoms with E-state index in [2.05, 4.69) is 15.9 Å². The van der Waals surface area contributed by atoms with Crippen molar-refractivity contribution in [1.29, 1.82) is 0 Å². The molecule has 0 aromatic carbocycles. The Hall–Kier alpha value is 0.110. The largest absolute Gasteiger partial charge is 0.395 e. The van der Waals surface area contributed by atoms with Crippen LogP contribution >= 0.6 is 15.9 Å². The van der Waals surface area contributed by atoms with Crippen molar-refractivity contribution >= 4 is 21.7 Å². The molecule has 0 rings (SSSR count). The maximum Gasteiger partial charge on any atom is 0.151 e. The first-order valence-electron chi connectivity index (χ1n) is 2.74. The maximum atomic E-state index is 10.9. The highest BCUT2D eigenvalue weighted by Gasteiger charge is 2.24. The number of halogens is 1. The first-order chi connectivity index (χ1) is 4.04.